The van der Waals surface area contributed by atoms with Crippen molar-refractivity contribution in [1.29, 1.82) is 0 Å². The summed E-state index contributed by atoms with van der Waals surface area (Å²) in [6.45, 7) is 7.13. The summed E-state index contributed by atoms with van der Waals surface area (Å²) in [5, 5.41) is 0. The van der Waals surface area contributed by atoms with Crippen LogP contribution in [0.4, 0.5) is 0 Å². The van der Waals surface area contributed by atoms with Crippen LogP contribution in [0.25, 0.3) is 0 Å². The highest BCUT2D eigenvalue weighted by Gasteiger charge is 2.30. The zero-order valence-electron chi connectivity index (χ0n) is 18.6. The predicted octanol–water partition coefficient (Wildman–Crippen LogP) is 2.17. The maximum atomic E-state index is 12.9. The van der Waals surface area contributed by atoms with Crippen LogP contribution in [0.5, 0.6) is 0 Å². The van der Waals surface area contributed by atoms with Crippen LogP contribution in [0, 0.1) is 6.92 Å². The van der Waals surface area contributed by atoms with Gasteiger partial charge in [-0.3, -0.25) is 4.79 Å². The highest BCUT2D eigenvalue weighted by atomic mass is 32.2. The van der Waals surface area contributed by atoms with Crippen LogP contribution >= 0.6 is 0 Å². The molecular weight excluding hydrogens is 450 g/mol. The summed E-state index contributed by atoms with van der Waals surface area (Å²) >= 11 is 0. The number of sulfonamides is 2. The summed E-state index contributed by atoms with van der Waals surface area (Å²) in [4.78, 5) is 14.8. The Morgan fingerprint density at radius 3 is 1.81 bits per heavy atom. The minimum Gasteiger partial charge on any atom is -0.336 e. The molecule has 0 radical (unpaired) electrons. The lowest BCUT2D eigenvalue weighted by Gasteiger charge is -2.34. The average Bonchev–Trinajstić information content (AvgIpc) is 2.79. The summed E-state index contributed by atoms with van der Waals surface area (Å²) in [6, 6.07) is 12.6. The number of nitrogens with zero attached hydrogens (tertiary/aromatic N) is 3. The number of amides is 1. The maximum absolute atomic E-state index is 12.9. The van der Waals surface area contributed by atoms with E-state index >= 15 is 0 Å². The number of carbonyl (C=O) groups is 1. The molecule has 1 heterocycles. The number of carbonyl (C=O) groups excluding carboxylic acids is 1. The number of benzene rings is 2. The van der Waals surface area contributed by atoms with Gasteiger partial charge >= 0.3 is 0 Å². The van der Waals surface area contributed by atoms with E-state index in [1.807, 2.05) is 6.92 Å². The molecule has 0 atom stereocenters. The molecule has 1 aliphatic heterocycles. The van der Waals surface area contributed by atoms with Gasteiger partial charge in [0.2, 0.25) is 20.0 Å². The molecule has 32 heavy (non-hydrogen) atoms. The Morgan fingerprint density at radius 1 is 0.812 bits per heavy atom. The zero-order valence-corrected chi connectivity index (χ0v) is 20.2. The Kier molecular flexibility index (Phi) is 7.39. The van der Waals surface area contributed by atoms with E-state index in [9.17, 15) is 21.6 Å². The van der Waals surface area contributed by atoms with E-state index < -0.39 is 20.0 Å². The molecule has 0 spiro atoms. The SMILES string of the molecule is CCN(CC)S(=O)(=O)c1ccc(C(=O)N2CCN(S(=O)(=O)c3ccc(C)cc3)CC2)cc1. The highest BCUT2D eigenvalue weighted by molar-refractivity contribution is 7.89. The third kappa shape index (κ3) is 4.88. The van der Waals surface area contributed by atoms with E-state index in [0.717, 1.165) is 5.56 Å². The summed E-state index contributed by atoms with van der Waals surface area (Å²) < 4.78 is 53.7. The van der Waals surface area contributed by atoms with Gasteiger partial charge in [-0.15, -0.1) is 0 Å². The van der Waals surface area contributed by atoms with Crippen LogP contribution in [-0.2, 0) is 20.0 Å². The molecule has 2 aromatic rings. The van der Waals surface area contributed by atoms with Gasteiger partial charge in [-0.2, -0.15) is 8.61 Å². The van der Waals surface area contributed by atoms with E-state index in [4.69, 9.17) is 0 Å². The smallest absolute Gasteiger partial charge is 0.253 e. The molecule has 10 heteroatoms. The first-order valence-electron chi connectivity index (χ1n) is 10.6. The van der Waals surface area contributed by atoms with Gasteiger partial charge < -0.3 is 4.90 Å². The van der Waals surface area contributed by atoms with E-state index in [-0.39, 0.29) is 41.9 Å². The van der Waals surface area contributed by atoms with Crippen LogP contribution in [0.1, 0.15) is 29.8 Å². The van der Waals surface area contributed by atoms with E-state index in [1.165, 1.54) is 32.9 Å². The molecule has 1 amide bonds. The molecule has 8 nitrogen and oxygen atoms in total. The standard InChI is InChI=1S/C22H29N3O5S2/c1-4-24(5-2)31(27,28)21-12-8-19(9-13-21)22(26)23-14-16-25(17-15-23)32(29,30)20-10-6-18(3)7-11-20/h6-13H,4-5,14-17H2,1-3H3. The van der Waals surface area contributed by atoms with Gasteiger partial charge in [0.25, 0.3) is 5.91 Å². The van der Waals surface area contributed by atoms with Crippen molar-refractivity contribution in [3.63, 3.8) is 0 Å². The first kappa shape index (κ1) is 24.4. The lowest BCUT2D eigenvalue weighted by Crippen LogP contribution is -2.50. The van der Waals surface area contributed by atoms with Gasteiger partial charge in [-0.1, -0.05) is 31.5 Å². The number of hydrogen-bond acceptors (Lipinski definition) is 5. The van der Waals surface area contributed by atoms with Gasteiger partial charge in [-0.25, -0.2) is 16.8 Å². The summed E-state index contributed by atoms with van der Waals surface area (Å²) in [6.07, 6.45) is 0. The van der Waals surface area contributed by atoms with Gasteiger partial charge in [0.1, 0.15) is 0 Å². The number of aryl methyl sites for hydroxylation is 1. The van der Waals surface area contributed by atoms with Crippen molar-refractivity contribution < 1.29 is 21.6 Å². The molecule has 174 valence electrons. The second kappa shape index (κ2) is 9.70. The predicted molar refractivity (Wildman–Crippen MR) is 122 cm³/mol. The van der Waals surface area contributed by atoms with Crippen molar-refractivity contribution >= 4 is 26.0 Å². The van der Waals surface area contributed by atoms with Crippen molar-refractivity contribution in [3.8, 4) is 0 Å². The Bertz CT molecular complexity index is 1150. The summed E-state index contributed by atoms with van der Waals surface area (Å²) in [5.41, 5.74) is 1.36. The second-order valence-corrected chi connectivity index (χ2v) is 11.5. The Labute approximate surface area is 190 Å². The van der Waals surface area contributed by atoms with Gasteiger partial charge in [0.15, 0.2) is 0 Å². The molecule has 0 N–H and O–H groups in total. The first-order valence-corrected chi connectivity index (χ1v) is 13.5. The fourth-order valence-electron chi connectivity index (χ4n) is 3.66. The highest BCUT2D eigenvalue weighted by Crippen LogP contribution is 2.20. The van der Waals surface area contributed by atoms with Crippen LogP contribution in [0.15, 0.2) is 58.3 Å². The lowest BCUT2D eigenvalue weighted by molar-refractivity contribution is 0.0698. The third-order valence-electron chi connectivity index (χ3n) is 5.63. The molecular formula is C22H29N3O5S2. The topological polar surface area (TPSA) is 95.1 Å². The average molecular weight is 480 g/mol. The van der Waals surface area contributed by atoms with Crippen LogP contribution in [-0.4, -0.2) is 75.5 Å². The molecule has 1 aliphatic rings. The molecule has 0 saturated carbocycles. The van der Waals surface area contributed by atoms with Crippen molar-refractivity contribution in [1.82, 2.24) is 13.5 Å². The minimum atomic E-state index is -3.60. The molecule has 1 saturated heterocycles. The fourth-order valence-corrected chi connectivity index (χ4v) is 6.54. The van der Waals surface area contributed by atoms with Crippen molar-refractivity contribution in [2.75, 3.05) is 39.3 Å². The van der Waals surface area contributed by atoms with Crippen molar-refractivity contribution in [3.05, 3.63) is 59.7 Å². The van der Waals surface area contributed by atoms with Crippen molar-refractivity contribution in [2.45, 2.75) is 30.6 Å². The van der Waals surface area contributed by atoms with E-state index in [0.29, 0.717) is 18.7 Å². The lowest BCUT2D eigenvalue weighted by atomic mass is 10.2. The summed E-state index contributed by atoms with van der Waals surface area (Å²) in [7, 11) is -7.19. The largest absolute Gasteiger partial charge is 0.336 e. The number of rotatable bonds is 7. The maximum Gasteiger partial charge on any atom is 0.253 e. The van der Waals surface area contributed by atoms with Crippen LogP contribution in [0.2, 0.25) is 0 Å². The van der Waals surface area contributed by atoms with E-state index in [2.05, 4.69) is 0 Å². The fraction of sp³-hybridized carbons (Fsp3) is 0.409. The zero-order chi connectivity index (χ0) is 23.5. The summed E-state index contributed by atoms with van der Waals surface area (Å²) in [5.74, 6) is -0.246. The van der Waals surface area contributed by atoms with Gasteiger partial charge in [0, 0.05) is 44.8 Å². The monoisotopic (exact) mass is 479 g/mol. The quantitative estimate of drug-likeness (QED) is 0.607. The first-order chi connectivity index (χ1) is 15.1. The second-order valence-electron chi connectivity index (χ2n) is 7.62. The van der Waals surface area contributed by atoms with Gasteiger partial charge in [-0.05, 0) is 43.3 Å². The molecule has 0 unspecified atom stereocenters. The molecule has 2 aromatic carbocycles. The molecule has 3 rings (SSSR count). The molecule has 1 fully saturated rings. The minimum absolute atomic E-state index is 0.145. The van der Waals surface area contributed by atoms with Crippen molar-refractivity contribution in [2.24, 2.45) is 0 Å². The molecule has 0 aliphatic carbocycles. The number of piperazine rings is 1. The molecule has 0 aromatic heterocycles. The third-order valence-corrected chi connectivity index (χ3v) is 9.61. The Hall–Kier alpha value is -2.27. The Balaban J connectivity index is 1.67. The Morgan fingerprint density at radius 2 is 1.31 bits per heavy atom. The normalized spacial score (nSPS) is 15.8. The van der Waals surface area contributed by atoms with Gasteiger partial charge in [0.05, 0.1) is 9.79 Å². The van der Waals surface area contributed by atoms with E-state index in [1.54, 1.807) is 43.0 Å². The van der Waals surface area contributed by atoms with Crippen LogP contribution < -0.4 is 0 Å². The van der Waals surface area contributed by atoms with Crippen LogP contribution in [0.3, 0.4) is 0 Å². The number of hydrogen-bond donors (Lipinski definition) is 0. The molecule has 0 bridgehead atoms.